The number of rotatable bonds is 0. The standard InChI is InChI=1S/CH4.Fe.Mn.H2S.Si/h1H4;;;1H2;. The second-order valence-corrected chi connectivity index (χ2v) is 0. The van der Waals surface area contributed by atoms with Crippen LogP contribution in [0.5, 0.6) is 0 Å². The van der Waals surface area contributed by atoms with E-state index in [0.29, 0.717) is 0 Å². The third-order valence-electron chi connectivity index (χ3n) is 0. The minimum atomic E-state index is 0. The van der Waals surface area contributed by atoms with Gasteiger partial charge in [-0.1, -0.05) is 7.43 Å². The van der Waals surface area contributed by atoms with E-state index in [4.69, 9.17) is 0 Å². The Hall–Kier alpha value is 1.61. The Morgan fingerprint density at radius 2 is 1.00 bits per heavy atom. The van der Waals surface area contributed by atoms with E-state index in [9.17, 15) is 0 Å². The van der Waals surface area contributed by atoms with Crippen LogP contribution in [0, 0.1) is 0 Å². The van der Waals surface area contributed by atoms with E-state index >= 15 is 0 Å². The van der Waals surface area contributed by atoms with Crippen LogP contribution in [0.2, 0.25) is 0 Å². The summed E-state index contributed by atoms with van der Waals surface area (Å²) in [6.45, 7) is 0. The zero-order chi connectivity index (χ0) is 0. The Morgan fingerprint density at radius 1 is 1.00 bits per heavy atom. The normalized spacial score (nSPS) is 0. The van der Waals surface area contributed by atoms with Crippen molar-refractivity contribution < 1.29 is 34.1 Å². The minimum Gasteiger partial charge on any atom is -0.197 e. The van der Waals surface area contributed by atoms with Gasteiger partial charge in [-0.15, -0.1) is 0 Å². The van der Waals surface area contributed by atoms with E-state index < -0.39 is 0 Å². The molecule has 5 radical (unpaired) electrons. The second-order valence-electron chi connectivity index (χ2n) is 0. The van der Waals surface area contributed by atoms with E-state index in [-0.39, 0.29) is 66.0 Å². The van der Waals surface area contributed by atoms with Crippen molar-refractivity contribution in [3.63, 3.8) is 0 Å². The van der Waals surface area contributed by atoms with Crippen molar-refractivity contribution in [3.8, 4) is 0 Å². The topological polar surface area (TPSA) is 0 Å². The Labute approximate surface area is 65.9 Å². The average molecular weight is 189 g/mol. The van der Waals surface area contributed by atoms with Gasteiger partial charge < -0.3 is 0 Å². The maximum Gasteiger partial charge on any atom is 0 e. The molecule has 0 N–H and O–H groups in total. The minimum absolute atomic E-state index is 0. The molecule has 0 aromatic heterocycles. The molecule has 4 heteroatoms. The molecular weight excluding hydrogens is 183 g/mol. The van der Waals surface area contributed by atoms with Crippen LogP contribution in [0.3, 0.4) is 0 Å². The largest absolute Gasteiger partial charge is 0.197 e. The molecule has 0 aliphatic carbocycles. The van der Waals surface area contributed by atoms with E-state index in [1.54, 1.807) is 0 Å². The molecule has 0 aliphatic heterocycles. The van der Waals surface area contributed by atoms with Gasteiger partial charge in [-0.3, -0.25) is 0 Å². The van der Waals surface area contributed by atoms with Crippen LogP contribution < -0.4 is 0 Å². The van der Waals surface area contributed by atoms with Crippen LogP contribution in [0.15, 0.2) is 0 Å². The fourth-order valence-corrected chi connectivity index (χ4v) is 0. The molecule has 0 fully saturated rings. The van der Waals surface area contributed by atoms with Gasteiger partial charge in [0.1, 0.15) is 0 Å². The number of hydrogen-bond acceptors (Lipinski definition) is 0. The summed E-state index contributed by atoms with van der Waals surface area (Å²) in [6, 6.07) is 0. The van der Waals surface area contributed by atoms with Gasteiger partial charge >= 0.3 is 0 Å². The summed E-state index contributed by atoms with van der Waals surface area (Å²) < 4.78 is 0. The zero-order valence-corrected chi connectivity index (χ0v) is 6.02. The first-order chi connectivity index (χ1) is 0. The Balaban J connectivity index is 0. The summed E-state index contributed by atoms with van der Waals surface area (Å²) in [4.78, 5) is 0. The van der Waals surface area contributed by atoms with Crippen molar-refractivity contribution in [2.45, 2.75) is 7.43 Å². The number of hydrogen-bond donors (Lipinski definition) is 0. The third-order valence-corrected chi connectivity index (χ3v) is 0. The molecule has 0 amide bonds. The Bertz CT molecular complexity index is 11.6. The van der Waals surface area contributed by atoms with Crippen molar-refractivity contribution in [1.29, 1.82) is 0 Å². The summed E-state index contributed by atoms with van der Waals surface area (Å²) in [5.74, 6) is 0. The van der Waals surface area contributed by atoms with Crippen LogP contribution in [0.25, 0.3) is 0 Å². The molecule has 0 rings (SSSR count). The quantitative estimate of drug-likeness (QED) is 0.482. The molecule has 0 aromatic carbocycles. The van der Waals surface area contributed by atoms with E-state index in [2.05, 4.69) is 0 Å². The molecule has 0 aromatic rings. The molecule has 0 aliphatic rings. The summed E-state index contributed by atoms with van der Waals surface area (Å²) in [7, 11) is 0. The summed E-state index contributed by atoms with van der Waals surface area (Å²) >= 11 is 0. The van der Waals surface area contributed by atoms with Crippen LogP contribution in [0.1, 0.15) is 7.43 Å². The maximum atomic E-state index is 0. The maximum absolute atomic E-state index is 0. The molecule has 0 atom stereocenters. The van der Waals surface area contributed by atoms with Crippen molar-refractivity contribution >= 4 is 24.5 Å². The summed E-state index contributed by atoms with van der Waals surface area (Å²) in [5.41, 5.74) is 0. The summed E-state index contributed by atoms with van der Waals surface area (Å²) in [5, 5.41) is 0. The van der Waals surface area contributed by atoms with Crippen LogP contribution in [-0.2, 0) is 34.1 Å². The Morgan fingerprint density at radius 3 is 1.00 bits per heavy atom. The fraction of sp³-hybridized carbons (Fsp3) is 1.00. The Kier molecular flexibility index (Phi) is 742. The second kappa shape index (κ2) is 46.1. The van der Waals surface area contributed by atoms with Crippen molar-refractivity contribution in [2.24, 2.45) is 0 Å². The molecule has 0 bridgehead atoms. The van der Waals surface area contributed by atoms with Gasteiger partial charge in [0.05, 0.1) is 0 Å². The van der Waals surface area contributed by atoms with Gasteiger partial charge in [0.25, 0.3) is 0 Å². The molecule has 0 unspecified atom stereocenters. The van der Waals surface area contributed by atoms with Crippen LogP contribution in [0.4, 0.5) is 0 Å². The zero-order valence-electron chi connectivity index (χ0n) is 1.73. The van der Waals surface area contributed by atoms with Crippen LogP contribution >= 0.6 is 13.5 Å². The van der Waals surface area contributed by atoms with Crippen molar-refractivity contribution in [1.82, 2.24) is 0 Å². The SMILES string of the molecule is C.S.[Fe].[Mn].[Si]. The van der Waals surface area contributed by atoms with Gasteiger partial charge in [0.15, 0.2) is 0 Å². The van der Waals surface area contributed by atoms with E-state index in [1.165, 1.54) is 0 Å². The van der Waals surface area contributed by atoms with Gasteiger partial charge in [0.2, 0.25) is 0 Å². The molecular formula is CH6FeMnSSi. The monoisotopic (exact) mass is 189 g/mol. The van der Waals surface area contributed by atoms with Crippen molar-refractivity contribution in [2.75, 3.05) is 0 Å². The van der Waals surface area contributed by atoms with Gasteiger partial charge in [0, 0.05) is 45.1 Å². The first-order valence-corrected chi connectivity index (χ1v) is 0. The molecule has 0 nitrogen and oxygen atoms in total. The third kappa shape index (κ3) is 28.3. The van der Waals surface area contributed by atoms with Gasteiger partial charge in [-0.05, 0) is 0 Å². The molecule has 0 saturated heterocycles. The predicted molar refractivity (Wildman–Crippen MR) is 22.9 cm³/mol. The molecule has 0 saturated carbocycles. The van der Waals surface area contributed by atoms with E-state index in [1.807, 2.05) is 0 Å². The first-order valence-electron chi connectivity index (χ1n) is 0. The first kappa shape index (κ1) is 80.5. The van der Waals surface area contributed by atoms with Gasteiger partial charge in [-0.25, -0.2) is 0 Å². The average Bonchev–Trinajstić information content (AvgIpc) is 0. The molecule has 35 valence electrons. The van der Waals surface area contributed by atoms with Crippen LogP contribution in [-0.4, -0.2) is 11.0 Å². The fourth-order valence-electron chi connectivity index (χ4n) is 0. The van der Waals surface area contributed by atoms with E-state index in [0.717, 1.165) is 0 Å². The smallest absolute Gasteiger partial charge is 0 e. The molecule has 5 heavy (non-hydrogen) atoms. The predicted octanol–water partition coefficient (Wildman–Crippen LogP) is 0.363. The molecule has 0 spiro atoms. The van der Waals surface area contributed by atoms with Gasteiger partial charge in [-0.2, -0.15) is 13.5 Å². The van der Waals surface area contributed by atoms with Crippen molar-refractivity contribution in [3.05, 3.63) is 0 Å². The summed E-state index contributed by atoms with van der Waals surface area (Å²) in [6.07, 6.45) is 0. The molecule has 0 heterocycles.